The normalized spacial score (nSPS) is 10.3. The summed E-state index contributed by atoms with van der Waals surface area (Å²) in [5.41, 5.74) is 6.13. The number of hydrogen-bond acceptors (Lipinski definition) is 3. The van der Waals surface area contributed by atoms with Gasteiger partial charge in [0.2, 0.25) is 0 Å². The summed E-state index contributed by atoms with van der Waals surface area (Å²) in [6, 6.07) is 4.30. The van der Waals surface area contributed by atoms with Crippen LogP contribution in [-0.2, 0) is 6.54 Å². The third-order valence-corrected chi connectivity index (χ3v) is 2.05. The molecular formula is C11H16FNO2. The van der Waals surface area contributed by atoms with Gasteiger partial charge in [-0.1, -0.05) is 0 Å². The van der Waals surface area contributed by atoms with E-state index in [4.69, 9.17) is 15.6 Å². The highest BCUT2D eigenvalue weighted by molar-refractivity contribution is 5.33. The summed E-state index contributed by atoms with van der Waals surface area (Å²) in [5, 5.41) is 8.58. The van der Waals surface area contributed by atoms with Gasteiger partial charge in [-0.3, -0.25) is 0 Å². The molecule has 0 aliphatic rings. The maximum Gasteiger partial charge on any atom is 0.123 e. The average molecular weight is 213 g/mol. The number of halogens is 1. The van der Waals surface area contributed by atoms with Crippen molar-refractivity contribution < 1.29 is 14.2 Å². The van der Waals surface area contributed by atoms with Gasteiger partial charge in [0, 0.05) is 18.7 Å². The molecule has 0 aliphatic carbocycles. The van der Waals surface area contributed by atoms with Gasteiger partial charge in [0.1, 0.15) is 11.6 Å². The van der Waals surface area contributed by atoms with Crippen molar-refractivity contribution in [2.75, 3.05) is 13.2 Å². The minimum absolute atomic E-state index is 0.163. The first-order chi connectivity index (χ1) is 7.27. The second-order valence-corrected chi connectivity index (χ2v) is 3.24. The van der Waals surface area contributed by atoms with E-state index in [2.05, 4.69) is 0 Å². The van der Waals surface area contributed by atoms with Crippen LogP contribution in [0.15, 0.2) is 18.2 Å². The van der Waals surface area contributed by atoms with Crippen molar-refractivity contribution in [2.24, 2.45) is 5.73 Å². The molecule has 3 nitrogen and oxygen atoms in total. The van der Waals surface area contributed by atoms with Gasteiger partial charge in [0.05, 0.1) is 6.61 Å². The summed E-state index contributed by atoms with van der Waals surface area (Å²) < 4.78 is 18.3. The van der Waals surface area contributed by atoms with E-state index in [1.54, 1.807) is 6.07 Å². The van der Waals surface area contributed by atoms with Crippen LogP contribution in [0.2, 0.25) is 0 Å². The van der Waals surface area contributed by atoms with Gasteiger partial charge < -0.3 is 15.6 Å². The van der Waals surface area contributed by atoms with Crippen LogP contribution in [-0.4, -0.2) is 18.3 Å². The Morgan fingerprint density at radius 3 is 2.80 bits per heavy atom. The highest BCUT2D eigenvalue weighted by atomic mass is 19.1. The molecule has 0 saturated carbocycles. The van der Waals surface area contributed by atoms with E-state index in [1.807, 2.05) is 0 Å². The lowest BCUT2D eigenvalue weighted by Crippen LogP contribution is -2.04. The third-order valence-electron chi connectivity index (χ3n) is 2.05. The second kappa shape index (κ2) is 6.37. The fraction of sp³-hybridized carbons (Fsp3) is 0.455. The van der Waals surface area contributed by atoms with Crippen LogP contribution in [0.25, 0.3) is 0 Å². The van der Waals surface area contributed by atoms with E-state index in [9.17, 15) is 4.39 Å². The Balaban J connectivity index is 2.52. The molecule has 1 rings (SSSR count). The van der Waals surface area contributed by atoms with Crippen LogP contribution in [0.5, 0.6) is 5.75 Å². The maximum atomic E-state index is 12.8. The van der Waals surface area contributed by atoms with Crippen molar-refractivity contribution in [1.29, 1.82) is 0 Å². The Morgan fingerprint density at radius 1 is 1.33 bits per heavy atom. The predicted octanol–water partition coefficient (Wildman–Crippen LogP) is 1.44. The molecule has 0 unspecified atom stereocenters. The van der Waals surface area contributed by atoms with Gasteiger partial charge in [-0.25, -0.2) is 4.39 Å². The van der Waals surface area contributed by atoms with Crippen molar-refractivity contribution in [3.63, 3.8) is 0 Å². The lowest BCUT2D eigenvalue weighted by Gasteiger charge is -2.09. The molecule has 1 aromatic rings. The molecule has 0 radical (unpaired) electrons. The number of aliphatic hydroxyl groups is 1. The number of aliphatic hydroxyl groups excluding tert-OH is 1. The minimum atomic E-state index is -0.307. The highest BCUT2D eigenvalue weighted by Gasteiger charge is 2.03. The van der Waals surface area contributed by atoms with E-state index in [-0.39, 0.29) is 19.0 Å². The topological polar surface area (TPSA) is 55.5 Å². The van der Waals surface area contributed by atoms with E-state index >= 15 is 0 Å². The summed E-state index contributed by atoms with van der Waals surface area (Å²) in [7, 11) is 0. The smallest absolute Gasteiger partial charge is 0.123 e. The molecule has 0 bridgehead atoms. The zero-order chi connectivity index (χ0) is 11.1. The fourth-order valence-electron chi connectivity index (χ4n) is 1.24. The highest BCUT2D eigenvalue weighted by Crippen LogP contribution is 2.19. The Bertz CT molecular complexity index is 305. The van der Waals surface area contributed by atoms with Crippen LogP contribution >= 0.6 is 0 Å². The molecule has 4 heteroatoms. The molecule has 15 heavy (non-hydrogen) atoms. The molecule has 0 saturated heterocycles. The molecule has 0 fully saturated rings. The quantitative estimate of drug-likeness (QED) is 0.703. The van der Waals surface area contributed by atoms with Crippen LogP contribution < -0.4 is 10.5 Å². The van der Waals surface area contributed by atoms with Crippen LogP contribution in [0, 0.1) is 5.82 Å². The number of hydrogen-bond donors (Lipinski definition) is 2. The summed E-state index contributed by atoms with van der Waals surface area (Å²) in [6.45, 7) is 0.933. The predicted molar refractivity (Wildman–Crippen MR) is 56.1 cm³/mol. The van der Waals surface area contributed by atoms with E-state index in [0.717, 1.165) is 6.42 Å². The van der Waals surface area contributed by atoms with Gasteiger partial charge in [0.15, 0.2) is 0 Å². The first kappa shape index (κ1) is 11.9. The number of nitrogens with two attached hydrogens (primary N) is 1. The fourth-order valence-corrected chi connectivity index (χ4v) is 1.24. The van der Waals surface area contributed by atoms with Gasteiger partial charge in [-0.05, 0) is 31.0 Å². The van der Waals surface area contributed by atoms with Crippen LogP contribution in [0.1, 0.15) is 18.4 Å². The van der Waals surface area contributed by atoms with Crippen LogP contribution in [0.3, 0.4) is 0 Å². The summed E-state index contributed by atoms with van der Waals surface area (Å²) >= 11 is 0. The molecule has 0 atom stereocenters. The first-order valence-corrected chi connectivity index (χ1v) is 5.00. The van der Waals surface area contributed by atoms with Crippen molar-refractivity contribution >= 4 is 0 Å². The van der Waals surface area contributed by atoms with Gasteiger partial charge in [-0.15, -0.1) is 0 Å². The maximum absolute atomic E-state index is 12.8. The number of rotatable bonds is 6. The Hall–Kier alpha value is -1.13. The lowest BCUT2D eigenvalue weighted by molar-refractivity contribution is 0.252. The summed E-state index contributed by atoms with van der Waals surface area (Å²) in [4.78, 5) is 0. The number of ether oxygens (including phenoxy) is 1. The molecule has 0 aliphatic heterocycles. The first-order valence-electron chi connectivity index (χ1n) is 5.00. The summed E-state index contributed by atoms with van der Waals surface area (Å²) in [6.07, 6.45) is 1.48. The molecule has 1 aromatic carbocycles. The molecule has 0 amide bonds. The van der Waals surface area contributed by atoms with Crippen LogP contribution in [0.4, 0.5) is 4.39 Å². The lowest BCUT2D eigenvalue weighted by atomic mass is 10.2. The number of benzene rings is 1. The Morgan fingerprint density at radius 2 is 2.13 bits per heavy atom. The molecule has 84 valence electrons. The van der Waals surface area contributed by atoms with E-state index < -0.39 is 0 Å². The Labute approximate surface area is 88.7 Å². The molecule has 3 N–H and O–H groups in total. The van der Waals surface area contributed by atoms with E-state index in [0.29, 0.717) is 24.3 Å². The minimum Gasteiger partial charge on any atom is -0.493 e. The van der Waals surface area contributed by atoms with Crippen molar-refractivity contribution in [3.05, 3.63) is 29.6 Å². The van der Waals surface area contributed by atoms with Gasteiger partial charge in [-0.2, -0.15) is 0 Å². The van der Waals surface area contributed by atoms with Crippen molar-refractivity contribution in [3.8, 4) is 5.75 Å². The standard InChI is InChI=1S/C11H16FNO2/c12-10-3-4-11(9(7-10)8-13)15-6-2-1-5-14/h3-4,7,14H,1-2,5-6,8,13H2. The number of unbranched alkanes of at least 4 members (excludes halogenated alkanes) is 1. The zero-order valence-corrected chi connectivity index (χ0v) is 8.58. The SMILES string of the molecule is NCc1cc(F)ccc1OCCCCO. The van der Waals surface area contributed by atoms with Gasteiger partial charge >= 0.3 is 0 Å². The monoisotopic (exact) mass is 213 g/mol. The third kappa shape index (κ3) is 3.85. The average Bonchev–Trinajstić information content (AvgIpc) is 2.26. The van der Waals surface area contributed by atoms with E-state index in [1.165, 1.54) is 12.1 Å². The molecule has 0 aromatic heterocycles. The van der Waals surface area contributed by atoms with Gasteiger partial charge in [0.25, 0.3) is 0 Å². The zero-order valence-electron chi connectivity index (χ0n) is 8.58. The molecule has 0 spiro atoms. The second-order valence-electron chi connectivity index (χ2n) is 3.24. The molecular weight excluding hydrogens is 197 g/mol. The largest absolute Gasteiger partial charge is 0.493 e. The van der Waals surface area contributed by atoms with Crippen molar-refractivity contribution in [2.45, 2.75) is 19.4 Å². The Kier molecular flexibility index (Phi) is 5.07. The molecule has 0 heterocycles. The summed E-state index contributed by atoms with van der Waals surface area (Å²) in [5.74, 6) is 0.315. The van der Waals surface area contributed by atoms with Crippen molar-refractivity contribution in [1.82, 2.24) is 0 Å².